The Hall–Kier alpha value is -3.36. The van der Waals surface area contributed by atoms with Crippen molar-refractivity contribution in [3.05, 3.63) is 101 Å². The zero-order valence-corrected chi connectivity index (χ0v) is 20.6. The Morgan fingerprint density at radius 2 is 1.85 bits per heavy atom. The van der Waals surface area contributed by atoms with Crippen LogP contribution in [0.25, 0.3) is 10.7 Å². The van der Waals surface area contributed by atoms with E-state index in [0.717, 1.165) is 44.1 Å². The lowest BCUT2D eigenvalue weighted by molar-refractivity contribution is 0.102. The van der Waals surface area contributed by atoms with Crippen LogP contribution in [0.1, 0.15) is 33.1 Å². The van der Waals surface area contributed by atoms with Crippen LogP contribution < -0.4 is 0 Å². The minimum Gasteiger partial charge on any atom is -0.467 e. The molecule has 0 saturated heterocycles. The van der Waals surface area contributed by atoms with Gasteiger partial charge in [-0.25, -0.2) is 0 Å². The lowest BCUT2D eigenvalue weighted by atomic mass is 10.2. The van der Waals surface area contributed by atoms with Crippen LogP contribution in [0.5, 0.6) is 0 Å². The summed E-state index contributed by atoms with van der Waals surface area (Å²) in [5, 5.41) is 11.7. The average Bonchev–Trinajstić information content (AvgIpc) is 3.64. The third-order valence-electron chi connectivity index (χ3n) is 5.74. The summed E-state index contributed by atoms with van der Waals surface area (Å²) in [6.45, 7) is 5.26. The number of nitrogens with zero attached hydrogens (tertiary/aromatic N) is 4. The van der Waals surface area contributed by atoms with Crippen molar-refractivity contribution >= 4 is 28.9 Å². The molecule has 4 aromatic heterocycles. The fourth-order valence-electron chi connectivity index (χ4n) is 3.99. The summed E-state index contributed by atoms with van der Waals surface area (Å²) in [6, 6.07) is 20.1. The highest BCUT2D eigenvalue weighted by atomic mass is 32.2. The summed E-state index contributed by atoms with van der Waals surface area (Å²) >= 11 is 3.07. The lowest BCUT2D eigenvalue weighted by Crippen LogP contribution is -2.09. The molecule has 6 nitrogen and oxygen atoms in total. The largest absolute Gasteiger partial charge is 0.467 e. The second-order valence-corrected chi connectivity index (χ2v) is 9.91. The first-order chi connectivity index (χ1) is 16.6. The predicted molar refractivity (Wildman–Crippen MR) is 136 cm³/mol. The maximum atomic E-state index is 13.2. The van der Waals surface area contributed by atoms with Crippen molar-refractivity contribution in [2.45, 2.75) is 32.1 Å². The minimum atomic E-state index is 0.0794. The number of Topliss-reactive ketones (excluding diaryl/α,β-unsaturated/α-hetero) is 1. The lowest BCUT2D eigenvalue weighted by Gasteiger charge is -2.10. The third-order valence-corrected chi connectivity index (χ3v) is 7.57. The molecule has 5 aromatic rings. The molecule has 0 unspecified atom stereocenters. The van der Waals surface area contributed by atoms with E-state index < -0.39 is 0 Å². The van der Waals surface area contributed by atoms with Gasteiger partial charge in [-0.3, -0.25) is 9.36 Å². The number of thiophene rings is 1. The first-order valence-electron chi connectivity index (χ1n) is 11.0. The van der Waals surface area contributed by atoms with Gasteiger partial charge in [-0.2, -0.15) is 0 Å². The van der Waals surface area contributed by atoms with Crippen molar-refractivity contribution in [3.63, 3.8) is 0 Å². The van der Waals surface area contributed by atoms with Gasteiger partial charge >= 0.3 is 0 Å². The Morgan fingerprint density at radius 3 is 2.59 bits per heavy atom. The van der Waals surface area contributed by atoms with E-state index in [1.165, 1.54) is 11.8 Å². The zero-order chi connectivity index (χ0) is 23.5. The second kappa shape index (κ2) is 9.87. The number of aryl methyl sites for hydroxylation is 1. The number of furan rings is 1. The minimum absolute atomic E-state index is 0.0794. The summed E-state index contributed by atoms with van der Waals surface area (Å²) in [7, 11) is 0. The number of thioether (sulfide) groups is 1. The monoisotopic (exact) mass is 488 g/mol. The standard InChI is InChI=1S/C26H24N4O2S2/c1-18-14-22(19(2)29(18)16-21-10-6-12-32-21)23(31)17-34-26-28-27-25(24-11-7-13-33-24)30(26)15-20-8-4-3-5-9-20/h3-14H,15-17H2,1-2H3. The Labute approximate surface area is 206 Å². The molecule has 0 bridgehead atoms. The summed E-state index contributed by atoms with van der Waals surface area (Å²) < 4.78 is 9.70. The Balaban J connectivity index is 1.36. The topological polar surface area (TPSA) is 65.8 Å². The van der Waals surface area contributed by atoms with Crippen molar-refractivity contribution in [3.8, 4) is 10.7 Å². The van der Waals surface area contributed by atoms with Crippen LogP contribution in [0.15, 0.2) is 81.9 Å². The number of carbonyl (C=O) groups is 1. The van der Waals surface area contributed by atoms with E-state index in [0.29, 0.717) is 18.8 Å². The predicted octanol–water partition coefficient (Wildman–Crippen LogP) is 6.09. The fraction of sp³-hybridized carbons (Fsp3) is 0.192. The number of hydrogen-bond donors (Lipinski definition) is 0. The van der Waals surface area contributed by atoms with E-state index in [1.54, 1.807) is 17.6 Å². The molecular weight excluding hydrogens is 464 g/mol. The van der Waals surface area contributed by atoms with Gasteiger partial charge in [-0.05, 0) is 49.1 Å². The van der Waals surface area contributed by atoms with E-state index in [-0.39, 0.29) is 5.78 Å². The van der Waals surface area contributed by atoms with Crippen LogP contribution in [0.2, 0.25) is 0 Å². The second-order valence-electron chi connectivity index (χ2n) is 8.02. The van der Waals surface area contributed by atoms with Crippen molar-refractivity contribution in [1.82, 2.24) is 19.3 Å². The number of aromatic nitrogens is 4. The molecule has 0 aliphatic carbocycles. The summed E-state index contributed by atoms with van der Waals surface area (Å²) in [4.78, 5) is 14.3. The molecular formula is C26H24N4O2S2. The average molecular weight is 489 g/mol. The molecule has 0 radical (unpaired) electrons. The van der Waals surface area contributed by atoms with Crippen LogP contribution in [0.4, 0.5) is 0 Å². The molecule has 0 fully saturated rings. The molecule has 0 amide bonds. The summed E-state index contributed by atoms with van der Waals surface area (Å²) in [6.07, 6.45) is 1.67. The fourth-order valence-corrected chi connectivity index (χ4v) is 5.52. The molecule has 0 N–H and O–H groups in total. The Bertz CT molecular complexity index is 1380. The van der Waals surface area contributed by atoms with E-state index in [4.69, 9.17) is 4.42 Å². The molecule has 0 spiro atoms. The van der Waals surface area contributed by atoms with Gasteiger partial charge in [-0.15, -0.1) is 21.5 Å². The summed E-state index contributed by atoms with van der Waals surface area (Å²) in [5.74, 6) is 2.06. The molecule has 8 heteroatoms. The van der Waals surface area contributed by atoms with Crippen molar-refractivity contribution in [2.24, 2.45) is 0 Å². The van der Waals surface area contributed by atoms with Gasteiger partial charge in [0.25, 0.3) is 0 Å². The van der Waals surface area contributed by atoms with E-state index in [2.05, 4.69) is 31.5 Å². The molecule has 0 aliphatic rings. The van der Waals surface area contributed by atoms with Gasteiger partial charge < -0.3 is 8.98 Å². The van der Waals surface area contributed by atoms with E-state index in [9.17, 15) is 4.79 Å². The van der Waals surface area contributed by atoms with Gasteiger partial charge in [0, 0.05) is 17.0 Å². The molecule has 34 heavy (non-hydrogen) atoms. The number of carbonyl (C=O) groups excluding carboxylic acids is 1. The first-order valence-corrected chi connectivity index (χ1v) is 12.8. The highest BCUT2D eigenvalue weighted by Gasteiger charge is 2.20. The van der Waals surface area contributed by atoms with Gasteiger partial charge in [0.15, 0.2) is 16.8 Å². The Morgan fingerprint density at radius 1 is 1.00 bits per heavy atom. The van der Waals surface area contributed by atoms with Crippen molar-refractivity contribution in [1.29, 1.82) is 0 Å². The number of benzene rings is 1. The van der Waals surface area contributed by atoms with Crippen LogP contribution in [-0.4, -0.2) is 30.9 Å². The van der Waals surface area contributed by atoms with Gasteiger partial charge in [-0.1, -0.05) is 48.2 Å². The SMILES string of the molecule is Cc1cc(C(=O)CSc2nnc(-c3cccs3)n2Cc2ccccc2)c(C)n1Cc1ccco1. The smallest absolute Gasteiger partial charge is 0.192 e. The number of hydrogen-bond acceptors (Lipinski definition) is 6. The maximum absolute atomic E-state index is 13.2. The third kappa shape index (κ3) is 4.64. The van der Waals surface area contributed by atoms with Gasteiger partial charge in [0.1, 0.15) is 5.76 Å². The maximum Gasteiger partial charge on any atom is 0.192 e. The Kier molecular flexibility index (Phi) is 6.51. The normalized spacial score (nSPS) is 11.2. The first kappa shape index (κ1) is 22.4. The molecule has 0 atom stereocenters. The summed E-state index contributed by atoms with van der Waals surface area (Å²) in [5.41, 5.74) is 3.89. The highest BCUT2D eigenvalue weighted by Crippen LogP contribution is 2.29. The molecule has 0 aliphatic heterocycles. The van der Waals surface area contributed by atoms with Crippen molar-refractivity contribution in [2.75, 3.05) is 5.75 Å². The molecule has 5 rings (SSSR count). The van der Waals surface area contributed by atoms with Crippen LogP contribution >= 0.6 is 23.1 Å². The molecule has 0 saturated carbocycles. The molecule has 4 heterocycles. The number of ketones is 1. The van der Waals surface area contributed by atoms with Crippen LogP contribution in [0.3, 0.4) is 0 Å². The van der Waals surface area contributed by atoms with E-state index in [1.807, 2.05) is 67.8 Å². The van der Waals surface area contributed by atoms with E-state index >= 15 is 0 Å². The highest BCUT2D eigenvalue weighted by molar-refractivity contribution is 7.99. The van der Waals surface area contributed by atoms with Crippen LogP contribution in [0, 0.1) is 13.8 Å². The van der Waals surface area contributed by atoms with Crippen LogP contribution in [-0.2, 0) is 13.1 Å². The van der Waals surface area contributed by atoms with Crippen molar-refractivity contribution < 1.29 is 9.21 Å². The van der Waals surface area contributed by atoms with Gasteiger partial charge in [0.05, 0.1) is 30.0 Å². The molecule has 172 valence electrons. The number of rotatable bonds is 9. The zero-order valence-electron chi connectivity index (χ0n) is 19.0. The van der Waals surface area contributed by atoms with Gasteiger partial charge in [0.2, 0.25) is 0 Å². The quantitative estimate of drug-likeness (QED) is 0.186. The molecule has 1 aromatic carbocycles.